The Morgan fingerprint density at radius 3 is 1.00 bits per heavy atom. The van der Waals surface area contributed by atoms with Gasteiger partial charge in [0.2, 0.25) is 0 Å². The molecule has 24 heavy (non-hydrogen) atoms. The van der Waals surface area contributed by atoms with Crippen LogP contribution in [0.2, 0.25) is 50.4 Å². The van der Waals surface area contributed by atoms with Gasteiger partial charge in [0, 0.05) is 0 Å². The molecular weight excluding hydrogens is 369 g/mol. The molecule has 0 atom stereocenters. The fourth-order valence-electron chi connectivity index (χ4n) is 4.09. The molecular formula is C16H40O4Si4. The molecule has 0 aromatic heterocycles. The maximum absolute atomic E-state index is 7.12. The van der Waals surface area contributed by atoms with E-state index < -0.39 is 34.2 Å². The Hall–Kier alpha value is 0.708. The molecule has 1 saturated heterocycles. The lowest BCUT2D eigenvalue weighted by molar-refractivity contribution is 0.221. The maximum atomic E-state index is 7.12. The van der Waals surface area contributed by atoms with Crippen LogP contribution in [0.1, 0.15) is 53.4 Å². The van der Waals surface area contributed by atoms with Crippen molar-refractivity contribution in [3.8, 4) is 0 Å². The van der Waals surface area contributed by atoms with Gasteiger partial charge in [0.05, 0.1) is 0 Å². The second-order valence-corrected chi connectivity index (χ2v) is 22.5. The molecule has 0 unspecified atom stereocenters. The van der Waals surface area contributed by atoms with Crippen LogP contribution >= 0.6 is 0 Å². The SMILES string of the molecule is CCC[Si]1(CCC)O[Si](C)(C)O[Si](C)(C)O[Si](CCC)(CCC)O1. The first-order valence-corrected chi connectivity index (χ1v) is 20.0. The highest BCUT2D eigenvalue weighted by molar-refractivity contribution is 6.93. The minimum absolute atomic E-state index is 1.06. The van der Waals surface area contributed by atoms with Crippen LogP contribution in [0.3, 0.4) is 0 Å². The first-order valence-electron chi connectivity index (χ1n) is 9.88. The van der Waals surface area contributed by atoms with Crippen molar-refractivity contribution in [2.24, 2.45) is 0 Å². The average molecular weight is 409 g/mol. The average Bonchev–Trinajstić information content (AvgIpc) is 2.35. The quantitative estimate of drug-likeness (QED) is 0.462. The summed E-state index contributed by atoms with van der Waals surface area (Å²) >= 11 is 0. The van der Waals surface area contributed by atoms with E-state index in [0.717, 1.165) is 49.9 Å². The Balaban J connectivity index is 3.32. The van der Waals surface area contributed by atoms with E-state index in [9.17, 15) is 0 Å². The normalized spacial score (nSPS) is 25.0. The van der Waals surface area contributed by atoms with E-state index >= 15 is 0 Å². The molecule has 8 heteroatoms. The lowest BCUT2D eigenvalue weighted by Crippen LogP contribution is -2.67. The zero-order chi connectivity index (χ0) is 18.5. The van der Waals surface area contributed by atoms with Crippen molar-refractivity contribution in [2.45, 2.75) is 104 Å². The third-order valence-electron chi connectivity index (χ3n) is 4.25. The zero-order valence-corrected chi connectivity index (χ0v) is 21.3. The van der Waals surface area contributed by atoms with Gasteiger partial charge in [-0.2, -0.15) is 0 Å². The third-order valence-corrected chi connectivity index (χ3v) is 23.1. The third kappa shape index (κ3) is 6.46. The maximum Gasteiger partial charge on any atom is 0.320 e. The van der Waals surface area contributed by atoms with Crippen molar-refractivity contribution < 1.29 is 16.5 Å². The monoisotopic (exact) mass is 408 g/mol. The van der Waals surface area contributed by atoms with Crippen molar-refractivity contribution in [3.05, 3.63) is 0 Å². The van der Waals surface area contributed by atoms with Crippen LogP contribution in [0.15, 0.2) is 0 Å². The summed E-state index contributed by atoms with van der Waals surface area (Å²) in [5.41, 5.74) is 0. The van der Waals surface area contributed by atoms with Crippen molar-refractivity contribution >= 4 is 34.2 Å². The highest BCUT2D eigenvalue weighted by Crippen LogP contribution is 2.39. The van der Waals surface area contributed by atoms with E-state index in [1.54, 1.807) is 0 Å². The summed E-state index contributed by atoms with van der Waals surface area (Å²) < 4.78 is 27.4. The van der Waals surface area contributed by atoms with Crippen molar-refractivity contribution in [1.82, 2.24) is 0 Å². The molecule has 0 aromatic carbocycles. The number of hydrogen-bond acceptors (Lipinski definition) is 4. The van der Waals surface area contributed by atoms with Crippen molar-refractivity contribution in [1.29, 1.82) is 0 Å². The van der Waals surface area contributed by atoms with E-state index in [0.29, 0.717) is 0 Å². The molecule has 144 valence electrons. The second-order valence-electron chi connectivity index (χ2n) is 8.03. The van der Waals surface area contributed by atoms with Crippen LogP contribution in [0.25, 0.3) is 0 Å². The van der Waals surface area contributed by atoms with Gasteiger partial charge in [-0.25, -0.2) is 0 Å². The molecule has 0 aromatic rings. The molecule has 1 aliphatic rings. The molecule has 1 rings (SSSR count). The Morgan fingerprint density at radius 2 is 0.750 bits per heavy atom. The summed E-state index contributed by atoms with van der Waals surface area (Å²) in [5, 5.41) is 0. The number of rotatable bonds is 8. The standard InChI is InChI=1S/C16H40O4Si4/c1-9-13-23(14-10-2)18-21(5,6)17-22(7,8)19-24(20-23,15-11-3)16-12-4/h9-16H2,1-8H3. The van der Waals surface area contributed by atoms with Crippen LogP contribution in [-0.4, -0.2) is 34.2 Å². The fourth-order valence-corrected chi connectivity index (χ4v) is 27.7. The van der Waals surface area contributed by atoms with Gasteiger partial charge in [-0.05, 0) is 50.4 Å². The molecule has 1 aliphatic heterocycles. The van der Waals surface area contributed by atoms with E-state index in [1.807, 2.05) is 0 Å². The summed E-state index contributed by atoms with van der Waals surface area (Å²) in [7, 11) is -9.02. The van der Waals surface area contributed by atoms with Gasteiger partial charge in [0.15, 0.2) is 0 Å². The lowest BCUT2D eigenvalue weighted by atomic mass is 10.6. The first kappa shape index (κ1) is 22.7. The Bertz CT molecular complexity index is 344. The van der Waals surface area contributed by atoms with Gasteiger partial charge in [-0.3, -0.25) is 0 Å². The predicted octanol–water partition coefficient (Wildman–Crippen LogP) is 5.99. The zero-order valence-electron chi connectivity index (χ0n) is 17.3. The van der Waals surface area contributed by atoms with Crippen LogP contribution in [0, 0.1) is 0 Å². The molecule has 0 saturated carbocycles. The van der Waals surface area contributed by atoms with Gasteiger partial charge in [0.1, 0.15) is 0 Å². The molecule has 0 bridgehead atoms. The van der Waals surface area contributed by atoms with Gasteiger partial charge >= 0.3 is 34.2 Å². The van der Waals surface area contributed by atoms with E-state index in [2.05, 4.69) is 53.9 Å². The highest BCUT2D eigenvalue weighted by atomic mass is 28.5. The minimum atomic E-state index is -2.28. The topological polar surface area (TPSA) is 36.9 Å². The second kappa shape index (κ2) is 9.07. The summed E-state index contributed by atoms with van der Waals surface area (Å²) in [6.45, 7) is 17.7. The molecule has 1 fully saturated rings. The highest BCUT2D eigenvalue weighted by Gasteiger charge is 2.56. The molecule has 0 aliphatic carbocycles. The van der Waals surface area contributed by atoms with Crippen LogP contribution in [-0.2, 0) is 16.5 Å². The lowest BCUT2D eigenvalue weighted by Gasteiger charge is -2.50. The molecule has 4 nitrogen and oxygen atoms in total. The van der Waals surface area contributed by atoms with Crippen LogP contribution in [0.4, 0.5) is 0 Å². The summed E-state index contributed by atoms with van der Waals surface area (Å²) in [6.07, 6.45) is 4.45. The van der Waals surface area contributed by atoms with Crippen LogP contribution < -0.4 is 0 Å². The number of hydrogen-bond donors (Lipinski definition) is 0. The Labute approximate surface area is 154 Å². The summed E-state index contributed by atoms with van der Waals surface area (Å²) in [4.78, 5) is 0. The van der Waals surface area contributed by atoms with Gasteiger partial charge in [-0.15, -0.1) is 0 Å². The van der Waals surface area contributed by atoms with E-state index in [4.69, 9.17) is 16.5 Å². The van der Waals surface area contributed by atoms with Crippen molar-refractivity contribution in [2.75, 3.05) is 0 Å². The first-order chi connectivity index (χ1) is 11.1. The molecule has 1 heterocycles. The molecule has 0 radical (unpaired) electrons. The summed E-state index contributed by atoms with van der Waals surface area (Å²) in [6, 6.07) is 4.25. The Kier molecular flexibility index (Phi) is 8.60. The van der Waals surface area contributed by atoms with Gasteiger partial charge in [0.25, 0.3) is 0 Å². The predicted molar refractivity (Wildman–Crippen MR) is 111 cm³/mol. The molecule has 0 N–H and O–H groups in total. The molecule has 0 spiro atoms. The minimum Gasteiger partial charge on any atom is -0.416 e. The van der Waals surface area contributed by atoms with Crippen molar-refractivity contribution in [3.63, 3.8) is 0 Å². The Morgan fingerprint density at radius 1 is 0.458 bits per heavy atom. The summed E-state index contributed by atoms with van der Waals surface area (Å²) in [5.74, 6) is 0. The largest absolute Gasteiger partial charge is 0.416 e. The van der Waals surface area contributed by atoms with E-state index in [-0.39, 0.29) is 0 Å². The smallest absolute Gasteiger partial charge is 0.320 e. The van der Waals surface area contributed by atoms with Gasteiger partial charge < -0.3 is 16.5 Å². The van der Waals surface area contributed by atoms with Gasteiger partial charge in [-0.1, -0.05) is 53.4 Å². The van der Waals surface area contributed by atoms with E-state index in [1.165, 1.54) is 0 Å². The fraction of sp³-hybridized carbons (Fsp3) is 1.00. The van der Waals surface area contributed by atoms with Crippen LogP contribution in [0.5, 0.6) is 0 Å². The molecule has 0 amide bonds.